The Kier molecular flexibility index (Phi) is 9.09. The van der Waals surface area contributed by atoms with Gasteiger partial charge in [0.2, 0.25) is 15.9 Å². The fourth-order valence-electron chi connectivity index (χ4n) is 3.95. The van der Waals surface area contributed by atoms with Crippen LogP contribution in [0.15, 0.2) is 53.4 Å². The predicted molar refractivity (Wildman–Crippen MR) is 148 cm³/mol. The van der Waals surface area contributed by atoms with Crippen molar-refractivity contribution >= 4 is 44.9 Å². The first-order chi connectivity index (χ1) is 17.3. The van der Waals surface area contributed by atoms with E-state index in [2.05, 4.69) is 15.5 Å². The summed E-state index contributed by atoms with van der Waals surface area (Å²) in [6.07, 6.45) is 0. The van der Waals surface area contributed by atoms with Crippen LogP contribution in [0.1, 0.15) is 34.6 Å². The van der Waals surface area contributed by atoms with Gasteiger partial charge in [-0.2, -0.15) is 4.31 Å². The van der Waals surface area contributed by atoms with Crippen LogP contribution >= 0.6 is 11.6 Å². The number of hydrogen-bond donors (Lipinski definition) is 2. The summed E-state index contributed by atoms with van der Waals surface area (Å²) in [4.78, 5) is 29.2. The second kappa shape index (κ2) is 11.7. The number of urea groups is 1. The summed E-state index contributed by atoms with van der Waals surface area (Å²) < 4.78 is 27.4. The first-order valence-corrected chi connectivity index (χ1v) is 14.1. The average molecular weight is 550 g/mol. The monoisotopic (exact) mass is 549 g/mol. The molecule has 3 amide bonds. The van der Waals surface area contributed by atoms with Gasteiger partial charge in [-0.1, -0.05) is 11.6 Å². The third-order valence-corrected chi connectivity index (χ3v) is 8.15. The van der Waals surface area contributed by atoms with Crippen molar-refractivity contribution in [3.05, 3.63) is 53.6 Å². The average Bonchev–Trinajstić information content (AvgIpc) is 2.82. The molecule has 37 heavy (non-hydrogen) atoms. The first-order valence-electron chi connectivity index (χ1n) is 12.3. The van der Waals surface area contributed by atoms with E-state index in [9.17, 15) is 18.0 Å². The van der Waals surface area contributed by atoms with E-state index in [0.717, 1.165) is 9.99 Å². The molecular formula is C26H36ClN5O4S. The van der Waals surface area contributed by atoms with Gasteiger partial charge >= 0.3 is 6.03 Å². The molecule has 202 valence electrons. The molecule has 11 heteroatoms. The van der Waals surface area contributed by atoms with E-state index in [1.165, 1.54) is 24.3 Å². The molecule has 0 radical (unpaired) electrons. The lowest BCUT2D eigenvalue weighted by atomic mass is 10.1. The minimum atomic E-state index is -3.87. The number of nitrogens with zero attached hydrogens (tertiary/aromatic N) is 3. The highest BCUT2D eigenvalue weighted by atomic mass is 35.5. The van der Waals surface area contributed by atoms with Crippen LogP contribution in [0.4, 0.5) is 16.2 Å². The Bertz CT molecular complexity index is 1190. The Morgan fingerprint density at radius 2 is 1.54 bits per heavy atom. The van der Waals surface area contributed by atoms with Gasteiger partial charge in [-0.25, -0.2) is 13.2 Å². The largest absolute Gasteiger partial charge is 0.368 e. The van der Waals surface area contributed by atoms with E-state index >= 15 is 0 Å². The van der Waals surface area contributed by atoms with Crippen LogP contribution in [0.3, 0.4) is 0 Å². The van der Waals surface area contributed by atoms with Crippen molar-refractivity contribution in [2.75, 3.05) is 42.9 Å². The zero-order valence-electron chi connectivity index (χ0n) is 22.0. The smallest absolute Gasteiger partial charge is 0.317 e. The number of amides is 3. The molecule has 0 aliphatic carbocycles. The second-order valence-electron chi connectivity index (χ2n) is 10.3. The summed E-state index contributed by atoms with van der Waals surface area (Å²) in [5.74, 6) is -0.433. The van der Waals surface area contributed by atoms with Crippen LogP contribution in [-0.4, -0.2) is 73.9 Å². The molecule has 0 bridgehead atoms. The summed E-state index contributed by atoms with van der Waals surface area (Å²) in [6.45, 7) is 11.7. The Hall–Kier alpha value is -2.82. The summed E-state index contributed by atoms with van der Waals surface area (Å²) in [7, 11) is -3.87. The van der Waals surface area contributed by atoms with Crippen molar-refractivity contribution in [1.82, 2.24) is 14.5 Å². The van der Waals surface area contributed by atoms with Crippen LogP contribution in [0, 0.1) is 0 Å². The number of halogens is 1. The lowest BCUT2D eigenvalue weighted by molar-refractivity contribution is -0.116. The van der Waals surface area contributed by atoms with Gasteiger partial charge in [0, 0.05) is 54.2 Å². The quantitative estimate of drug-likeness (QED) is 0.543. The third-order valence-electron chi connectivity index (χ3n) is 5.86. The van der Waals surface area contributed by atoms with Crippen LogP contribution in [0.5, 0.6) is 0 Å². The van der Waals surface area contributed by atoms with E-state index in [0.29, 0.717) is 36.9 Å². The van der Waals surface area contributed by atoms with Gasteiger partial charge in [0.05, 0.1) is 11.4 Å². The van der Waals surface area contributed by atoms with Gasteiger partial charge in [0.25, 0.3) is 0 Å². The van der Waals surface area contributed by atoms with E-state index in [1.54, 1.807) is 26.0 Å². The zero-order chi connectivity index (χ0) is 27.4. The van der Waals surface area contributed by atoms with Crippen LogP contribution in [0.25, 0.3) is 0 Å². The summed E-state index contributed by atoms with van der Waals surface area (Å²) in [6, 6.07) is 12.8. The lowest BCUT2D eigenvalue weighted by Crippen LogP contribution is -2.55. The predicted octanol–water partition coefficient (Wildman–Crippen LogP) is 4.01. The Morgan fingerprint density at radius 1 is 0.973 bits per heavy atom. The van der Waals surface area contributed by atoms with Crippen molar-refractivity contribution in [3.8, 4) is 0 Å². The Morgan fingerprint density at radius 3 is 2.05 bits per heavy atom. The van der Waals surface area contributed by atoms with Crippen molar-refractivity contribution in [3.63, 3.8) is 0 Å². The summed E-state index contributed by atoms with van der Waals surface area (Å²) in [5.41, 5.74) is 1.29. The van der Waals surface area contributed by atoms with Gasteiger partial charge in [-0.05, 0) is 83.1 Å². The van der Waals surface area contributed by atoms with Gasteiger partial charge in [-0.15, -0.1) is 0 Å². The van der Waals surface area contributed by atoms with Gasteiger partial charge in [0.15, 0.2) is 0 Å². The highest BCUT2D eigenvalue weighted by molar-refractivity contribution is 7.89. The molecule has 2 aromatic carbocycles. The van der Waals surface area contributed by atoms with Crippen LogP contribution in [0.2, 0.25) is 5.02 Å². The van der Waals surface area contributed by atoms with E-state index in [-0.39, 0.29) is 23.0 Å². The van der Waals surface area contributed by atoms with Gasteiger partial charge < -0.3 is 20.4 Å². The number of carbonyl (C=O) groups excluding carboxylic acids is 2. The molecule has 3 rings (SSSR count). The van der Waals surface area contributed by atoms with E-state index in [4.69, 9.17) is 11.6 Å². The Balaban J connectivity index is 1.58. The SMILES string of the molecule is CC(C)N(CC(=O)Nc1ccc(N2CCN(C(=O)NC(C)(C)C)CC2)cc1)S(=O)(=O)c1ccc(Cl)cc1. The molecule has 1 aliphatic rings. The number of piperazine rings is 1. The van der Waals surface area contributed by atoms with Crippen molar-refractivity contribution < 1.29 is 18.0 Å². The highest BCUT2D eigenvalue weighted by Gasteiger charge is 2.29. The summed E-state index contributed by atoms with van der Waals surface area (Å²) in [5, 5.41) is 6.21. The third kappa shape index (κ3) is 7.83. The molecule has 2 N–H and O–H groups in total. The van der Waals surface area contributed by atoms with Gasteiger partial charge in [-0.3, -0.25) is 4.79 Å². The maximum absolute atomic E-state index is 13.1. The van der Waals surface area contributed by atoms with E-state index < -0.39 is 22.0 Å². The highest BCUT2D eigenvalue weighted by Crippen LogP contribution is 2.22. The molecule has 1 saturated heterocycles. The van der Waals surface area contributed by atoms with Crippen LogP contribution < -0.4 is 15.5 Å². The number of rotatable bonds is 7. The number of carbonyl (C=O) groups is 2. The minimum absolute atomic E-state index is 0.0567. The molecule has 0 saturated carbocycles. The molecule has 1 fully saturated rings. The molecule has 1 heterocycles. The summed E-state index contributed by atoms with van der Waals surface area (Å²) >= 11 is 5.89. The molecule has 0 unspecified atom stereocenters. The molecular weight excluding hydrogens is 514 g/mol. The van der Waals surface area contributed by atoms with Crippen molar-refractivity contribution in [2.45, 2.75) is 51.1 Å². The van der Waals surface area contributed by atoms with Crippen LogP contribution in [-0.2, 0) is 14.8 Å². The molecule has 2 aromatic rings. The standard InChI is InChI=1S/C26H36ClN5O4S/c1-19(2)32(37(35,36)23-12-6-20(27)7-13-23)18-24(33)28-21-8-10-22(11-9-21)30-14-16-31(17-15-30)25(34)29-26(3,4)5/h6-13,19H,14-18H2,1-5H3,(H,28,33)(H,29,34). The number of sulfonamides is 1. The number of benzene rings is 2. The first kappa shape index (κ1) is 28.7. The number of anilines is 2. The van der Waals surface area contributed by atoms with Crippen molar-refractivity contribution in [2.24, 2.45) is 0 Å². The zero-order valence-corrected chi connectivity index (χ0v) is 23.6. The van der Waals surface area contributed by atoms with Gasteiger partial charge in [0.1, 0.15) is 0 Å². The normalized spacial score (nSPS) is 14.7. The number of hydrogen-bond acceptors (Lipinski definition) is 5. The molecule has 9 nitrogen and oxygen atoms in total. The number of nitrogens with one attached hydrogen (secondary N) is 2. The fourth-order valence-corrected chi connectivity index (χ4v) is 5.67. The molecule has 1 aliphatic heterocycles. The van der Waals surface area contributed by atoms with E-state index in [1.807, 2.05) is 37.8 Å². The lowest BCUT2D eigenvalue weighted by Gasteiger charge is -2.37. The molecule has 0 spiro atoms. The maximum Gasteiger partial charge on any atom is 0.317 e. The molecule has 0 atom stereocenters. The second-order valence-corrected chi connectivity index (χ2v) is 12.7. The Labute approximate surface area is 224 Å². The fraction of sp³-hybridized carbons (Fsp3) is 0.462. The topological polar surface area (TPSA) is 102 Å². The van der Waals surface area contributed by atoms with Crippen molar-refractivity contribution in [1.29, 1.82) is 0 Å². The minimum Gasteiger partial charge on any atom is -0.368 e. The maximum atomic E-state index is 13.1. The molecule has 0 aromatic heterocycles.